The summed E-state index contributed by atoms with van der Waals surface area (Å²) in [6, 6.07) is -0.917. The Hall–Kier alpha value is -1.63. The molecular weight excluding hydrogens is 274 g/mol. The molecule has 0 fully saturated rings. The summed E-state index contributed by atoms with van der Waals surface area (Å²) in [4.78, 5) is 33.6. The van der Waals surface area contributed by atoms with Crippen molar-refractivity contribution in [3.8, 4) is 0 Å². The lowest BCUT2D eigenvalue weighted by Gasteiger charge is -2.19. The van der Waals surface area contributed by atoms with Gasteiger partial charge in [0.2, 0.25) is 5.91 Å². The number of amides is 3. The minimum absolute atomic E-state index is 0.0704. The number of nitrogens with one attached hydrogen (secondary N) is 3. The van der Waals surface area contributed by atoms with Gasteiger partial charge in [-0.2, -0.15) is 0 Å². The molecule has 0 radical (unpaired) electrons. The number of aliphatic carboxylic acids is 1. The Morgan fingerprint density at radius 1 is 1.10 bits per heavy atom. The Morgan fingerprint density at radius 2 is 1.71 bits per heavy atom. The van der Waals surface area contributed by atoms with Crippen molar-refractivity contribution in [3.05, 3.63) is 0 Å². The van der Waals surface area contributed by atoms with Gasteiger partial charge in [0, 0.05) is 12.6 Å². The Labute approximate surface area is 125 Å². The van der Waals surface area contributed by atoms with E-state index in [0.717, 1.165) is 12.8 Å². The number of carboxylic acid groups (broad SMARTS) is 1. The zero-order valence-corrected chi connectivity index (χ0v) is 13.2. The van der Waals surface area contributed by atoms with E-state index in [4.69, 9.17) is 5.11 Å². The zero-order valence-electron chi connectivity index (χ0n) is 13.2. The Morgan fingerprint density at radius 3 is 2.24 bits per heavy atom. The maximum Gasteiger partial charge on any atom is 0.321 e. The molecule has 3 unspecified atom stereocenters. The van der Waals surface area contributed by atoms with Gasteiger partial charge in [-0.05, 0) is 33.6 Å². The number of carboxylic acids is 1. The number of hydrogen-bond donors (Lipinski definition) is 4. The average molecular weight is 301 g/mol. The second-order valence-electron chi connectivity index (χ2n) is 5.31. The van der Waals surface area contributed by atoms with Gasteiger partial charge in [0.25, 0.3) is 0 Å². The molecular formula is C14H27N3O4. The normalized spacial score (nSPS) is 14.9. The van der Waals surface area contributed by atoms with Crippen LogP contribution in [-0.2, 0) is 9.59 Å². The fourth-order valence-corrected chi connectivity index (χ4v) is 1.86. The summed E-state index contributed by atoms with van der Waals surface area (Å²) >= 11 is 0. The van der Waals surface area contributed by atoms with Crippen LogP contribution in [0.5, 0.6) is 0 Å². The summed E-state index contributed by atoms with van der Waals surface area (Å²) in [6.45, 7) is 7.53. The molecule has 0 saturated carbocycles. The molecule has 7 heteroatoms. The van der Waals surface area contributed by atoms with Crippen LogP contribution in [0.15, 0.2) is 0 Å². The van der Waals surface area contributed by atoms with Crippen molar-refractivity contribution in [1.82, 2.24) is 16.0 Å². The minimum Gasteiger partial charge on any atom is -0.481 e. The standard InChI is InChI=1S/C14H27N3O4/c1-5-15-14(21)17-12(18)11(4)16-10(3)8-6-7-9(2)13(19)20/h9-11,16H,5-8H2,1-4H3,(H,19,20)(H2,15,17,18,21). The molecule has 0 spiro atoms. The van der Waals surface area contributed by atoms with Crippen molar-refractivity contribution in [1.29, 1.82) is 0 Å². The maximum atomic E-state index is 11.7. The van der Waals surface area contributed by atoms with Crippen molar-refractivity contribution in [3.63, 3.8) is 0 Å². The largest absolute Gasteiger partial charge is 0.481 e. The van der Waals surface area contributed by atoms with Crippen molar-refractivity contribution in [2.24, 2.45) is 5.92 Å². The first kappa shape index (κ1) is 19.4. The van der Waals surface area contributed by atoms with Gasteiger partial charge in [-0.25, -0.2) is 4.79 Å². The van der Waals surface area contributed by atoms with Crippen molar-refractivity contribution in [2.45, 2.75) is 59.0 Å². The van der Waals surface area contributed by atoms with Gasteiger partial charge in [-0.1, -0.05) is 13.3 Å². The van der Waals surface area contributed by atoms with E-state index in [0.29, 0.717) is 13.0 Å². The van der Waals surface area contributed by atoms with E-state index in [9.17, 15) is 14.4 Å². The smallest absolute Gasteiger partial charge is 0.321 e. The number of rotatable bonds is 9. The highest BCUT2D eigenvalue weighted by Gasteiger charge is 2.17. The summed E-state index contributed by atoms with van der Waals surface area (Å²) in [5.74, 6) is -1.52. The van der Waals surface area contributed by atoms with E-state index >= 15 is 0 Å². The van der Waals surface area contributed by atoms with Gasteiger partial charge < -0.3 is 15.7 Å². The van der Waals surface area contributed by atoms with Gasteiger partial charge >= 0.3 is 12.0 Å². The summed E-state index contributed by atoms with van der Waals surface area (Å²) in [5.41, 5.74) is 0. The lowest BCUT2D eigenvalue weighted by Crippen LogP contribution is -2.50. The number of imide groups is 1. The van der Waals surface area contributed by atoms with Gasteiger partial charge in [0.1, 0.15) is 0 Å². The molecule has 0 aromatic rings. The fraction of sp³-hybridized carbons (Fsp3) is 0.786. The summed E-state index contributed by atoms with van der Waals surface area (Å²) in [7, 11) is 0. The van der Waals surface area contributed by atoms with E-state index in [1.54, 1.807) is 20.8 Å². The minimum atomic E-state index is -0.787. The molecule has 0 saturated heterocycles. The number of hydrogen-bond acceptors (Lipinski definition) is 4. The van der Waals surface area contributed by atoms with Crippen LogP contribution in [0.1, 0.15) is 47.0 Å². The highest BCUT2D eigenvalue weighted by atomic mass is 16.4. The fourth-order valence-electron chi connectivity index (χ4n) is 1.86. The van der Waals surface area contributed by atoms with E-state index in [2.05, 4.69) is 16.0 Å². The van der Waals surface area contributed by atoms with Crippen molar-refractivity contribution in [2.75, 3.05) is 6.54 Å². The quantitative estimate of drug-likeness (QED) is 0.510. The van der Waals surface area contributed by atoms with Crippen LogP contribution in [0.4, 0.5) is 4.79 Å². The lowest BCUT2D eigenvalue weighted by atomic mass is 10.0. The highest BCUT2D eigenvalue weighted by molar-refractivity contribution is 5.96. The lowest BCUT2D eigenvalue weighted by molar-refractivity contribution is -0.141. The Balaban J connectivity index is 3.97. The van der Waals surface area contributed by atoms with Crippen LogP contribution in [0, 0.1) is 5.92 Å². The molecule has 122 valence electrons. The molecule has 0 aromatic carbocycles. The summed E-state index contributed by atoms with van der Waals surface area (Å²) in [5, 5.41) is 16.6. The van der Waals surface area contributed by atoms with Crippen LogP contribution < -0.4 is 16.0 Å². The van der Waals surface area contributed by atoms with E-state index in [-0.39, 0.29) is 17.9 Å². The topological polar surface area (TPSA) is 108 Å². The van der Waals surface area contributed by atoms with Crippen molar-refractivity contribution < 1.29 is 19.5 Å². The van der Waals surface area contributed by atoms with Crippen molar-refractivity contribution >= 4 is 17.9 Å². The highest BCUT2D eigenvalue weighted by Crippen LogP contribution is 2.09. The molecule has 3 atom stereocenters. The molecule has 21 heavy (non-hydrogen) atoms. The molecule has 0 aromatic heterocycles. The van der Waals surface area contributed by atoms with Gasteiger partial charge in [0.15, 0.2) is 0 Å². The molecule has 4 N–H and O–H groups in total. The zero-order chi connectivity index (χ0) is 16.4. The van der Waals surface area contributed by atoms with Gasteiger partial charge in [-0.15, -0.1) is 0 Å². The maximum absolute atomic E-state index is 11.7. The molecule has 0 rings (SSSR count). The summed E-state index contributed by atoms with van der Waals surface area (Å²) < 4.78 is 0. The molecule has 0 aliphatic carbocycles. The molecule has 3 amide bonds. The van der Waals surface area contributed by atoms with Crippen LogP contribution >= 0.6 is 0 Å². The molecule has 7 nitrogen and oxygen atoms in total. The molecule has 0 aliphatic heterocycles. The number of carbonyl (C=O) groups is 3. The second kappa shape index (κ2) is 10.1. The second-order valence-corrected chi connectivity index (χ2v) is 5.31. The van der Waals surface area contributed by atoms with Gasteiger partial charge in [0.05, 0.1) is 12.0 Å². The van der Waals surface area contributed by atoms with Crippen LogP contribution in [0.25, 0.3) is 0 Å². The predicted molar refractivity (Wildman–Crippen MR) is 79.9 cm³/mol. The molecule has 0 bridgehead atoms. The monoisotopic (exact) mass is 301 g/mol. The first-order valence-electron chi connectivity index (χ1n) is 7.35. The predicted octanol–water partition coefficient (Wildman–Crippen LogP) is 1.09. The molecule has 0 aliphatic rings. The van der Waals surface area contributed by atoms with Crippen LogP contribution in [0.2, 0.25) is 0 Å². The van der Waals surface area contributed by atoms with E-state index < -0.39 is 18.0 Å². The first-order chi connectivity index (χ1) is 9.77. The summed E-state index contributed by atoms with van der Waals surface area (Å²) in [6.07, 6.45) is 2.16. The molecule has 0 heterocycles. The van der Waals surface area contributed by atoms with Crippen LogP contribution in [0.3, 0.4) is 0 Å². The Kier molecular flexibility index (Phi) is 9.36. The third-order valence-electron chi connectivity index (χ3n) is 3.20. The Bertz CT molecular complexity index is 360. The average Bonchev–Trinajstić information content (AvgIpc) is 2.38. The van der Waals surface area contributed by atoms with E-state index in [1.807, 2.05) is 6.92 Å². The first-order valence-corrected chi connectivity index (χ1v) is 7.35. The van der Waals surface area contributed by atoms with Gasteiger partial charge in [-0.3, -0.25) is 14.9 Å². The number of carbonyl (C=O) groups excluding carboxylic acids is 2. The number of urea groups is 1. The SMILES string of the molecule is CCNC(=O)NC(=O)C(C)NC(C)CCCC(C)C(=O)O. The van der Waals surface area contributed by atoms with E-state index in [1.165, 1.54) is 0 Å². The third kappa shape index (κ3) is 9.01. The third-order valence-corrected chi connectivity index (χ3v) is 3.20. The van der Waals surface area contributed by atoms with Crippen LogP contribution in [-0.4, -0.2) is 41.6 Å².